The van der Waals surface area contributed by atoms with Crippen molar-refractivity contribution >= 4 is 5.91 Å². The second kappa shape index (κ2) is 7.16. The molecule has 3 atom stereocenters. The molecule has 1 aromatic carbocycles. The summed E-state index contributed by atoms with van der Waals surface area (Å²) in [7, 11) is 0. The van der Waals surface area contributed by atoms with Gasteiger partial charge in [0.2, 0.25) is 12.7 Å². The number of benzene rings is 1. The molecule has 0 radical (unpaired) electrons. The number of rotatable bonds is 5. The Balaban J connectivity index is 1.49. The molecule has 1 amide bonds. The lowest BCUT2D eigenvalue weighted by atomic mass is 9.99. The fraction of sp³-hybridized carbons (Fsp3) is 0.562. The topological polar surface area (TPSA) is 97.3 Å². The predicted molar refractivity (Wildman–Crippen MR) is 80.3 cm³/mol. The number of fused-ring (bicyclic) bond motifs is 1. The van der Waals surface area contributed by atoms with Crippen molar-refractivity contribution < 1.29 is 29.2 Å². The first kappa shape index (κ1) is 16.0. The zero-order chi connectivity index (χ0) is 16.2. The Bertz CT molecular complexity index is 564. The SMILES string of the molecule is O=C(CCc1ccc2c(c1)OCO2)N[C@H]1CCO[C@H](CO)[C@H]1O. The zero-order valence-corrected chi connectivity index (χ0v) is 12.7. The first-order chi connectivity index (χ1) is 11.2. The summed E-state index contributed by atoms with van der Waals surface area (Å²) in [6.07, 6.45) is -0.0993. The highest BCUT2D eigenvalue weighted by atomic mass is 16.7. The number of aliphatic hydroxyl groups is 2. The molecule has 23 heavy (non-hydrogen) atoms. The van der Waals surface area contributed by atoms with Gasteiger partial charge in [-0.05, 0) is 30.5 Å². The number of hydrogen-bond acceptors (Lipinski definition) is 6. The molecule has 7 nitrogen and oxygen atoms in total. The summed E-state index contributed by atoms with van der Waals surface area (Å²) in [5.74, 6) is 1.29. The molecule has 0 saturated carbocycles. The Hall–Kier alpha value is -1.83. The van der Waals surface area contributed by atoms with Crippen molar-refractivity contribution in [2.24, 2.45) is 0 Å². The highest BCUT2D eigenvalue weighted by Crippen LogP contribution is 2.32. The average molecular weight is 323 g/mol. The maximum absolute atomic E-state index is 12.1. The van der Waals surface area contributed by atoms with Crippen molar-refractivity contribution in [1.82, 2.24) is 5.32 Å². The van der Waals surface area contributed by atoms with Gasteiger partial charge in [0.15, 0.2) is 11.5 Å². The van der Waals surface area contributed by atoms with E-state index in [4.69, 9.17) is 19.3 Å². The maximum Gasteiger partial charge on any atom is 0.231 e. The first-order valence-electron chi connectivity index (χ1n) is 7.76. The van der Waals surface area contributed by atoms with Crippen molar-refractivity contribution in [3.63, 3.8) is 0 Å². The number of carbonyl (C=O) groups is 1. The zero-order valence-electron chi connectivity index (χ0n) is 12.7. The Morgan fingerprint density at radius 3 is 2.96 bits per heavy atom. The molecule has 1 aromatic rings. The van der Waals surface area contributed by atoms with Crippen LogP contribution in [-0.2, 0) is 16.0 Å². The van der Waals surface area contributed by atoms with Gasteiger partial charge in [-0.1, -0.05) is 6.07 Å². The second-order valence-corrected chi connectivity index (χ2v) is 5.73. The van der Waals surface area contributed by atoms with Gasteiger partial charge in [0.1, 0.15) is 12.2 Å². The van der Waals surface area contributed by atoms with Gasteiger partial charge < -0.3 is 29.7 Å². The molecular weight excluding hydrogens is 302 g/mol. The summed E-state index contributed by atoms with van der Waals surface area (Å²) in [5, 5.41) is 22.0. The van der Waals surface area contributed by atoms with Crippen molar-refractivity contribution in [2.75, 3.05) is 20.0 Å². The molecule has 3 N–H and O–H groups in total. The number of hydrogen-bond donors (Lipinski definition) is 3. The van der Waals surface area contributed by atoms with E-state index in [0.29, 0.717) is 31.6 Å². The number of nitrogens with one attached hydrogen (secondary N) is 1. The van der Waals surface area contributed by atoms with Gasteiger partial charge in [0.25, 0.3) is 0 Å². The monoisotopic (exact) mass is 323 g/mol. The lowest BCUT2D eigenvalue weighted by molar-refractivity contribution is -0.131. The molecule has 2 heterocycles. The Morgan fingerprint density at radius 2 is 2.13 bits per heavy atom. The van der Waals surface area contributed by atoms with E-state index in [2.05, 4.69) is 5.32 Å². The molecule has 1 fully saturated rings. The lowest BCUT2D eigenvalue weighted by Gasteiger charge is -2.34. The first-order valence-corrected chi connectivity index (χ1v) is 7.76. The summed E-state index contributed by atoms with van der Waals surface area (Å²) >= 11 is 0. The van der Waals surface area contributed by atoms with Crippen LogP contribution in [0.2, 0.25) is 0 Å². The molecule has 0 bridgehead atoms. The molecule has 1 saturated heterocycles. The predicted octanol–water partition coefficient (Wildman–Crippen LogP) is -0.0252. The van der Waals surface area contributed by atoms with Crippen LogP contribution in [0.5, 0.6) is 11.5 Å². The number of amides is 1. The van der Waals surface area contributed by atoms with E-state index in [1.54, 1.807) is 0 Å². The number of carbonyl (C=O) groups excluding carboxylic acids is 1. The van der Waals surface area contributed by atoms with Crippen molar-refractivity contribution in [3.05, 3.63) is 23.8 Å². The second-order valence-electron chi connectivity index (χ2n) is 5.73. The molecule has 0 unspecified atom stereocenters. The third kappa shape index (κ3) is 3.74. The molecule has 7 heteroatoms. The third-order valence-electron chi connectivity index (χ3n) is 4.16. The van der Waals surface area contributed by atoms with Gasteiger partial charge in [-0.25, -0.2) is 0 Å². The van der Waals surface area contributed by atoms with E-state index in [1.165, 1.54) is 0 Å². The summed E-state index contributed by atoms with van der Waals surface area (Å²) in [6.45, 7) is 0.382. The van der Waals surface area contributed by atoms with E-state index in [1.807, 2.05) is 18.2 Å². The quantitative estimate of drug-likeness (QED) is 0.704. The van der Waals surface area contributed by atoms with Crippen LogP contribution in [-0.4, -0.2) is 54.4 Å². The fourth-order valence-electron chi connectivity index (χ4n) is 2.83. The summed E-state index contributed by atoms with van der Waals surface area (Å²) in [4.78, 5) is 12.1. The van der Waals surface area contributed by atoms with Gasteiger partial charge in [-0.2, -0.15) is 0 Å². The molecule has 0 spiro atoms. The molecule has 0 aromatic heterocycles. The summed E-state index contributed by atoms with van der Waals surface area (Å²) in [5.41, 5.74) is 0.991. The van der Waals surface area contributed by atoms with Crippen LogP contribution < -0.4 is 14.8 Å². The smallest absolute Gasteiger partial charge is 0.231 e. The van der Waals surface area contributed by atoms with Crippen molar-refractivity contribution in [2.45, 2.75) is 37.5 Å². The summed E-state index contributed by atoms with van der Waals surface area (Å²) < 4.78 is 15.8. The molecule has 0 aliphatic carbocycles. The van der Waals surface area contributed by atoms with Gasteiger partial charge in [0.05, 0.1) is 12.6 Å². The Kier molecular flexibility index (Phi) is 5.00. The van der Waals surface area contributed by atoms with Crippen LogP contribution in [0.4, 0.5) is 0 Å². The van der Waals surface area contributed by atoms with Crippen LogP contribution in [0.3, 0.4) is 0 Å². The maximum atomic E-state index is 12.1. The van der Waals surface area contributed by atoms with Crippen LogP contribution in [0.15, 0.2) is 18.2 Å². The van der Waals surface area contributed by atoms with Gasteiger partial charge in [0, 0.05) is 13.0 Å². The number of aryl methyl sites for hydroxylation is 1. The Morgan fingerprint density at radius 1 is 1.30 bits per heavy atom. The van der Waals surface area contributed by atoms with E-state index in [-0.39, 0.29) is 25.3 Å². The van der Waals surface area contributed by atoms with Crippen LogP contribution in [0.1, 0.15) is 18.4 Å². The molecule has 3 rings (SSSR count). The van der Waals surface area contributed by atoms with E-state index < -0.39 is 12.2 Å². The number of aliphatic hydroxyl groups excluding tert-OH is 2. The minimum absolute atomic E-state index is 0.134. The molecular formula is C16H21NO6. The van der Waals surface area contributed by atoms with Crippen molar-refractivity contribution in [3.8, 4) is 11.5 Å². The van der Waals surface area contributed by atoms with E-state index >= 15 is 0 Å². The van der Waals surface area contributed by atoms with Gasteiger partial charge in [-0.3, -0.25) is 4.79 Å². The third-order valence-corrected chi connectivity index (χ3v) is 4.16. The van der Waals surface area contributed by atoms with Crippen molar-refractivity contribution in [1.29, 1.82) is 0 Å². The van der Waals surface area contributed by atoms with E-state index in [9.17, 15) is 9.90 Å². The lowest BCUT2D eigenvalue weighted by Crippen LogP contribution is -2.54. The average Bonchev–Trinajstić information content (AvgIpc) is 3.02. The van der Waals surface area contributed by atoms with Gasteiger partial charge >= 0.3 is 0 Å². The standard InChI is InChI=1S/C16H21NO6/c18-8-14-16(20)11(5-6-21-14)17-15(19)4-2-10-1-3-12-13(7-10)23-9-22-12/h1,3,7,11,14,16,18,20H,2,4-6,8-9H2,(H,17,19)/t11-,14+,16-/m0/s1. The van der Waals surface area contributed by atoms with Crippen LogP contribution >= 0.6 is 0 Å². The minimum Gasteiger partial charge on any atom is -0.454 e. The van der Waals surface area contributed by atoms with Crippen LogP contribution in [0.25, 0.3) is 0 Å². The Labute approximate surface area is 134 Å². The largest absolute Gasteiger partial charge is 0.454 e. The van der Waals surface area contributed by atoms with Crippen LogP contribution in [0, 0.1) is 0 Å². The molecule has 2 aliphatic heterocycles. The highest BCUT2D eigenvalue weighted by Gasteiger charge is 2.33. The minimum atomic E-state index is -0.886. The highest BCUT2D eigenvalue weighted by molar-refractivity contribution is 5.76. The normalized spacial score (nSPS) is 26.1. The van der Waals surface area contributed by atoms with E-state index in [0.717, 1.165) is 11.3 Å². The molecule has 2 aliphatic rings. The fourth-order valence-corrected chi connectivity index (χ4v) is 2.83. The number of ether oxygens (including phenoxy) is 3. The molecule has 126 valence electrons. The summed E-state index contributed by atoms with van der Waals surface area (Å²) in [6, 6.07) is 5.24. The van der Waals surface area contributed by atoms with Gasteiger partial charge in [-0.15, -0.1) is 0 Å².